The standard InChI is InChI=1S/C24H32N4O2/c1-17-7-8-19(15-18(17)2)24(30)28-14-11-22-20(16-28)21(25-26(22)3)9-10-23(29)27-12-5-4-6-13-27/h7-8,15H,4-6,9-14,16H2,1-3H3. The smallest absolute Gasteiger partial charge is 0.254 e. The third kappa shape index (κ3) is 4.13. The maximum absolute atomic E-state index is 13.1. The Kier molecular flexibility index (Phi) is 5.93. The maximum atomic E-state index is 13.1. The number of benzene rings is 1. The molecule has 2 aliphatic rings. The van der Waals surface area contributed by atoms with Gasteiger partial charge in [-0.3, -0.25) is 14.3 Å². The van der Waals surface area contributed by atoms with Gasteiger partial charge in [0.2, 0.25) is 5.91 Å². The van der Waals surface area contributed by atoms with E-state index < -0.39 is 0 Å². The number of rotatable bonds is 4. The first-order valence-corrected chi connectivity index (χ1v) is 11.1. The van der Waals surface area contributed by atoms with Crippen LogP contribution < -0.4 is 0 Å². The number of carbonyl (C=O) groups is 2. The van der Waals surface area contributed by atoms with Crippen LogP contribution in [0.5, 0.6) is 0 Å². The van der Waals surface area contributed by atoms with Crippen molar-refractivity contribution >= 4 is 11.8 Å². The highest BCUT2D eigenvalue weighted by Crippen LogP contribution is 2.25. The molecule has 0 spiro atoms. The third-order valence-corrected chi connectivity index (χ3v) is 6.65. The van der Waals surface area contributed by atoms with Crippen molar-refractivity contribution in [1.29, 1.82) is 0 Å². The van der Waals surface area contributed by atoms with Gasteiger partial charge in [-0.05, 0) is 56.4 Å². The van der Waals surface area contributed by atoms with Crippen LogP contribution in [0.1, 0.15) is 64.1 Å². The van der Waals surface area contributed by atoms with Gasteiger partial charge in [0.25, 0.3) is 5.91 Å². The minimum Gasteiger partial charge on any atom is -0.343 e. The van der Waals surface area contributed by atoms with Gasteiger partial charge in [-0.1, -0.05) is 6.07 Å². The Morgan fingerprint density at radius 2 is 1.77 bits per heavy atom. The Morgan fingerprint density at radius 1 is 1.00 bits per heavy atom. The molecular formula is C24H32N4O2. The van der Waals surface area contributed by atoms with Gasteiger partial charge in [0, 0.05) is 69.3 Å². The average molecular weight is 409 g/mol. The molecule has 2 amide bonds. The summed E-state index contributed by atoms with van der Waals surface area (Å²) in [5.74, 6) is 0.302. The normalized spacial score (nSPS) is 16.5. The highest BCUT2D eigenvalue weighted by Gasteiger charge is 2.28. The number of fused-ring (bicyclic) bond motifs is 1. The molecule has 1 saturated heterocycles. The first-order valence-electron chi connectivity index (χ1n) is 11.1. The lowest BCUT2D eigenvalue weighted by atomic mass is 10.0. The fraction of sp³-hybridized carbons (Fsp3) is 0.542. The first-order chi connectivity index (χ1) is 14.4. The van der Waals surface area contributed by atoms with Crippen molar-refractivity contribution in [2.24, 2.45) is 7.05 Å². The van der Waals surface area contributed by atoms with Crippen molar-refractivity contribution in [3.05, 3.63) is 51.8 Å². The van der Waals surface area contributed by atoms with Gasteiger partial charge in [0.05, 0.1) is 5.69 Å². The van der Waals surface area contributed by atoms with E-state index in [1.54, 1.807) is 0 Å². The van der Waals surface area contributed by atoms with Gasteiger partial charge < -0.3 is 9.80 Å². The van der Waals surface area contributed by atoms with E-state index in [9.17, 15) is 9.59 Å². The molecule has 0 saturated carbocycles. The molecule has 160 valence electrons. The minimum absolute atomic E-state index is 0.0722. The predicted octanol–water partition coefficient (Wildman–Crippen LogP) is 3.18. The predicted molar refractivity (Wildman–Crippen MR) is 116 cm³/mol. The van der Waals surface area contributed by atoms with E-state index in [1.807, 2.05) is 46.7 Å². The fourth-order valence-electron chi connectivity index (χ4n) is 4.63. The molecule has 1 fully saturated rings. The van der Waals surface area contributed by atoms with Crippen LogP contribution in [0, 0.1) is 13.8 Å². The van der Waals surface area contributed by atoms with E-state index in [2.05, 4.69) is 6.92 Å². The summed E-state index contributed by atoms with van der Waals surface area (Å²) in [5.41, 5.74) is 6.37. The third-order valence-electron chi connectivity index (χ3n) is 6.65. The minimum atomic E-state index is 0.0722. The lowest BCUT2D eigenvalue weighted by molar-refractivity contribution is -0.132. The quantitative estimate of drug-likeness (QED) is 0.781. The zero-order valence-corrected chi connectivity index (χ0v) is 18.4. The van der Waals surface area contributed by atoms with Crippen molar-refractivity contribution in [3.8, 4) is 0 Å². The Labute approximate surface area is 178 Å². The molecule has 3 heterocycles. The van der Waals surface area contributed by atoms with E-state index in [4.69, 9.17) is 5.10 Å². The van der Waals surface area contributed by atoms with Crippen molar-refractivity contribution < 1.29 is 9.59 Å². The first kappa shape index (κ1) is 20.6. The molecule has 1 aromatic heterocycles. The summed E-state index contributed by atoms with van der Waals surface area (Å²) >= 11 is 0. The Bertz CT molecular complexity index is 956. The number of hydrogen-bond acceptors (Lipinski definition) is 3. The molecule has 2 aromatic rings. The van der Waals surface area contributed by atoms with Crippen LogP contribution in [0.2, 0.25) is 0 Å². The SMILES string of the molecule is Cc1ccc(C(=O)N2CCc3c(c(CCC(=O)N4CCCCC4)nn3C)C2)cc1C. The molecule has 6 nitrogen and oxygen atoms in total. The molecule has 0 aliphatic carbocycles. The van der Waals surface area contributed by atoms with Crippen molar-refractivity contribution in [2.45, 2.75) is 58.9 Å². The number of likely N-dealkylation sites (tertiary alicyclic amines) is 1. The Hall–Kier alpha value is -2.63. The molecular weight excluding hydrogens is 376 g/mol. The van der Waals surface area contributed by atoms with E-state index in [0.717, 1.165) is 54.7 Å². The van der Waals surface area contributed by atoms with E-state index in [-0.39, 0.29) is 11.8 Å². The lowest BCUT2D eigenvalue weighted by Gasteiger charge is -2.28. The average Bonchev–Trinajstić information content (AvgIpc) is 3.09. The summed E-state index contributed by atoms with van der Waals surface area (Å²) in [6.07, 6.45) is 5.39. The number of piperidine rings is 1. The van der Waals surface area contributed by atoms with Gasteiger partial charge in [0.15, 0.2) is 0 Å². The summed E-state index contributed by atoms with van der Waals surface area (Å²) in [7, 11) is 1.97. The number of hydrogen-bond donors (Lipinski definition) is 0. The summed E-state index contributed by atoms with van der Waals surface area (Å²) < 4.78 is 1.94. The summed E-state index contributed by atoms with van der Waals surface area (Å²) in [6, 6.07) is 5.91. The number of aromatic nitrogens is 2. The molecule has 0 N–H and O–H groups in total. The molecule has 0 bridgehead atoms. The van der Waals surface area contributed by atoms with Gasteiger partial charge >= 0.3 is 0 Å². The van der Waals surface area contributed by atoms with Crippen LogP contribution in [0.15, 0.2) is 18.2 Å². The van der Waals surface area contributed by atoms with Gasteiger partial charge in [0.1, 0.15) is 0 Å². The van der Waals surface area contributed by atoms with Crippen molar-refractivity contribution in [2.75, 3.05) is 19.6 Å². The van der Waals surface area contributed by atoms with Crippen LogP contribution in [0.4, 0.5) is 0 Å². The second-order valence-corrected chi connectivity index (χ2v) is 8.71. The van der Waals surface area contributed by atoms with Crippen LogP contribution in [-0.2, 0) is 31.2 Å². The van der Waals surface area contributed by atoms with Crippen LogP contribution in [0.25, 0.3) is 0 Å². The molecule has 0 radical (unpaired) electrons. The molecule has 0 atom stereocenters. The van der Waals surface area contributed by atoms with E-state index >= 15 is 0 Å². The van der Waals surface area contributed by atoms with Gasteiger partial charge in [-0.25, -0.2) is 0 Å². The second-order valence-electron chi connectivity index (χ2n) is 8.71. The Morgan fingerprint density at radius 3 is 2.50 bits per heavy atom. The molecule has 0 unspecified atom stereocenters. The highest BCUT2D eigenvalue weighted by molar-refractivity contribution is 5.94. The highest BCUT2D eigenvalue weighted by atomic mass is 16.2. The maximum Gasteiger partial charge on any atom is 0.254 e. The van der Waals surface area contributed by atoms with Gasteiger partial charge in [-0.2, -0.15) is 5.10 Å². The molecule has 4 rings (SSSR count). The largest absolute Gasteiger partial charge is 0.343 e. The van der Waals surface area contributed by atoms with Gasteiger partial charge in [-0.15, -0.1) is 0 Å². The number of aryl methyl sites for hydroxylation is 4. The molecule has 2 aliphatic heterocycles. The zero-order chi connectivity index (χ0) is 21.3. The molecule has 30 heavy (non-hydrogen) atoms. The summed E-state index contributed by atoms with van der Waals surface area (Å²) in [6.45, 7) is 7.14. The van der Waals surface area contributed by atoms with Crippen molar-refractivity contribution in [1.82, 2.24) is 19.6 Å². The van der Waals surface area contributed by atoms with Crippen LogP contribution in [0.3, 0.4) is 0 Å². The second kappa shape index (κ2) is 8.62. The monoisotopic (exact) mass is 408 g/mol. The number of amides is 2. The fourth-order valence-corrected chi connectivity index (χ4v) is 4.63. The van der Waals surface area contributed by atoms with E-state index in [1.165, 1.54) is 17.7 Å². The van der Waals surface area contributed by atoms with E-state index in [0.29, 0.717) is 25.9 Å². The zero-order valence-electron chi connectivity index (χ0n) is 18.4. The van der Waals surface area contributed by atoms with Crippen LogP contribution >= 0.6 is 0 Å². The van der Waals surface area contributed by atoms with Crippen molar-refractivity contribution in [3.63, 3.8) is 0 Å². The summed E-state index contributed by atoms with van der Waals surface area (Å²) in [5, 5.41) is 4.71. The lowest BCUT2D eigenvalue weighted by Crippen LogP contribution is -2.37. The number of carbonyl (C=O) groups excluding carboxylic acids is 2. The summed E-state index contributed by atoms with van der Waals surface area (Å²) in [4.78, 5) is 29.6. The van der Waals surface area contributed by atoms with Crippen LogP contribution in [-0.4, -0.2) is 51.0 Å². The topological polar surface area (TPSA) is 58.4 Å². The molecule has 1 aromatic carbocycles. The number of nitrogens with zero attached hydrogens (tertiary/aromatic N) is 4. The molecule has 6 heteroatoms. The Balaban J connectivity index is 1.46.